The molecule has 0 amide bonds. The van der Waals surface area contributed by atoms with Crippen LogP contribution >= 0.6 is 0 Å². The summed E-state index contributed by atoms with van der Waals surface area (Å²) in [5, 5.41) is 13.9. The summed E-state index contributed by atoms with van der Waals surface area (Å²) < 4.78 is 6.93. The third-order valence-corrected chi connectivity index (χ3v) is 5.84. The topological polar surface area (TPSA) is 80.6 Å². The number of carboxylic acid groups (broad SMARTS) is 1. The zero-order chi connectivity index (χ0) is 19.8. The summed E-state index contributed by atoms with van der Waals surface area (Å²) in [7, 11) is 0. The summed E-state index contributed by atoms with van der Waals surface area (Å²) in [5.74, 6) is -0.654. The van der Waals surface area contributed by atoms with Gasteiger partial charge in [-0.3, -0.25) is 0 Å². The second kappa shape index (κ2) is 7.20. The Kier molecular flexibility index (Phi) is 4.39. The minimum Gasteiger partial charge on any atom is -0.477 e. The molecule has 1 fully saturated rings. The van der Waals surface area contributed by atoms with E-state index in [1.807, 2.05) is 6.07 Å². The maximum Gasteiger partial charge on any atom is 0.341 e. The summed E-state index contributed by atoms with van der Waals surface area (Å²) in [5.41, 5.74) is 5.82. The van der Waals surface area contributed by atoms with Crippen molar-refractivity contribution < 1.29 is 14.3 Å². The Balaban J connectivity index is 1.65. The van der Waals surface area contributed by atoms with Crippen LogP contribution in [0.15, 0.2) is 59.7 Å². The maximum atomic E-state index is 11.6. The molecule has 6 heteroatoms. The Bertz CT molecular complexity index is 1150. The molecule has 6 nitrogen and oxygen atoms in total. The molecular weight excluding hydrogens is 366 g/mol. The summed E-state index contributed by atoms with van der Waals surface area (Å²) in [6.07, 6.45) is 12.4. The van der Waals surface area contributed by atoms with E-state index in [-0.39, 0.29) is 5.56 Å². The molecule has 3 aromatic heterocycles. The van der Waals surface area contributed by atoms with Crippen LogP contribution in [0.2, 0.25) is 0 Å². The van der Waals surface area contributed by atoms with Crippen molar-refractivity contribution >= 4 is 11.6 Å². The Morgan fingerprint density at radius 2 is 1.76 bits per heavy atom. The van der Waals surface area contributed by atoms with Crippen molar-refractivity contribution in [2.45, 2.75) is 38.0 Å². The van der Waals surface area contributed by atoms with Gasteiger partial charge in [-0.05, 0) is 30.0 Å². The van der Waals surface area contributed by atoms with E-state index >= 15 is 0 Å². The van der Waals surface area contributed by atoms with E-state index < -0.39 is 5.97 Å². The predicted octanol–water partition coefficient (Wildman–Crippen LogP) is 5.40. The lowest BCUT2D eigenvalue weighted by atomic mass is 9.84. The van der Waals surface area contributed by atoms with Crippen molar-refractivity contribution in [3.05, 3.63) is 66.5 Å². The molecule has 1 aliphatic carbocycles. The van der Waals surface area contributed by atoms with Crippen molar-refractivity contribution in [3.8, 4) is 22.3 Å². The van der Waals surface area contributed by atoms with Gasteiger partial charge in [0.2, 0.25) is 0 Å². The summed E-state index contributed by atoms with van der Waals surface area (Å²) in [6, 6.07) is 10.2. The average Bonchev–Trinajstić information content (AvgIpc) is 3.44. The fourth-order valence-corrected chi connectivity index (χ4v) is 4.36. The number of furan rings is 1. The first-order valence-electron chi connectivity index (χ1n) is 9.95. The fraction of sp³-hybridized carbons (Fsp3) is 0.261. The molecule has 0 bridgehead atoms. The van der Waals surface area contributed by atoms with Gasteiger partial charge in [0.05, 0.1) is 24.4 Å². The molecule has 1 aliphatic rings. The van der Waals surface area contributed by atoms with Gasteiger partial charge in [-0.15, -0.1) is 0 Å². The quantitative estimate of drug-likeness (QED) is 0.507. The van der Waals surface area contributed by atoms with Crippen molar-refractivity contribution in [1.29, 1.82) is 0 Å². The van der Waals surface area contributed by atoms with Crippen LogP contribution in [-0.4, -0.2) is 25.7 Å². The standard InChI is InChI=1S/C23H21N3O3/c27-23(28)20-13-25-26-21(17-4-2-1-3-5-17)19(12-24-22(20)26)16-8-6-15(7-9-16)18-10-11-29-14-18/h6-14,17H,1-5H2,(H,27,28). The van der Waals surface area contributed by atoms with Gasteiger partial charge in [0.1, 0.15) is 5.56 Å². The van der Waals surface area contributed by atoms with Gasteiger partial charge < -0.3 is 9.52 Å². The number of rotatable bonds is 4. The molecular formula is C23H21N3O3. The Morgan fingerprint density at radius 3 is 2.45 bits per heavy atom. The Labute approximate surface area is 167 Å². The van der Waals surface area contributed by atoms with Crippen LogP contribution < -0.4 is 0 Å². The third-order valence-electron chi connectivity index (χ3n) is 5.84. The van der Waals surface area contributed by atoms with E-state index in [2.05, 4.69) is 34.3 Å². The van der Waals surface area contributed by atoms with Crippen LogP contribution in [0.3, 0.4) is 0 Å². The molecule has 0 saturated heterocycles. The minimum atomic E-state index is -1.00. The zero-order valence-corrected chi connectivity index (χ0v) is 15.9. The van der Waals surface area contributed by atoms with Crippen molar-refractivity contribution in [3.63, 3.8) is 0 Å². The first-order valence-corrected chi connectivity index (χ1v) is 9.95. The number of carbonyl (C=O) groups is 1. The highest BCUT2D eigenvalue weighted by Crippen LogP contribution is 2.38. The number of fused-ring (bicyclic) bond motifs is 1. The van der Waals surface area contributed by atoms with Crippen LogP contribution in [0.4, 0.5) is 0 Å². The van der Waals surface area contributed by atoms with E-state index in [4.69, 9.17) is 4.42 Å². The molecule has 0 radical (unpaired) electrons. The van der Waals surface area contributed by atoms with Gasteiger partial charge in [-0.1, -0.05) is 43.5 Å². The number of hydrogen-bond donors (Lipinski definition) is 1. The molecule has 1 saturated carbocycles. The number of carboxylic acids is 1. The summed E-state index contributed by atoms with van der Waals surface area (Å²) >= 11 is 0. The van der Waals surface area contributed by atoms with Gasteiger partial charge in [0.15, 0.2) is 5.65 Å². The lowest BCUT2D eigenvalue weighted by Gasteiger charge is -2.25. The molecule has 0 unspecified atom stereocenters. The van der Waals surface area contributed by atoms with E-state index in [9.17, 15) is 9.90 Å². The van der Waals surface area contributed by atoms with Gasteiger partial charge in [-0.25, -0.2) is 14.3 Å². The van der Waals surface area contributed by atoms with Gasteiger partial charge in [0, 0.05) is 23.2 Å². The van der Waals surface area contributed by atoms with E-state index in [1.54, 1.807) is 23.2 Å². The molecule has 1 aromatic carbocycles. The summed E-state index contributed by atoms with van der Waals surface area (Å²) in [4.78, 5) is 16.0. The maximum absolute atomic E-state index is 11.6. The van der Waals surface area contributed by atoms with E-state index in [1.165, 1.54) is 25.5 Å². The fourth-order valence-electron chi connectivity index (χ4n) is 4.36. The largest absolute Gasteiger partial charge is 0.477 e. The summed E-state index contributed by atoms with van der Waals surface area (Å²) in [6.45, 7) is 0. The first kappa shape index (κ1) is 17.7. The van der Waals surface area contributed by atoms with Crippen molar-refractivity contribution in [1.82, 2.24) is 14.6 Å². The van der Waals surface area contributed by atoms with E-state index in [0.717, 1.165) is 40.8 Å². The lowest BCUT2D eigenvalue weighted by Crippen LogP contribution is -2.13. The smallest absolute Gasteiger partial charge is 0.341 e. The van der Waals surface area contributed by atoms with E-state index in [0.29, 0.717) is 11.6 Å². The molecule has 0 atom stereocenters. The van der Waals surface area contributed by atoms with Crippen LogP contribution in [0.5, 0.6) is 0 Å². The molecule has 1 N–H and O–H groups in total. The molecule has 0 aliphatic heterocycles. The average molecular weight is 387 g/mol. The number of aromatic carboxylic acids is 1. The van der Waals surface area contributed by atoms with Gasteiger partial charge in [0.25, 0.3) is 0 Å². The highest BCUT2D eigenvalue weighted by Gasteiger charge is 2.25. The van der Waals surface area contributed by atoms with Crippen LogP contribution in [0, 0.1) is 0 Å². The van der Waals surface area contributed by atoms with Gasteiger partial charge in [-0.2, -0.15) is 5.10 Å². The number of aromatic nitrogens is 3. The molecule has 5 rings (SSSR count). The number of benzene rings is 1. The molecule has 0 spiro atoms. The molecule has 3 heterocycles. The lowest BCUT2D eigenvalue weighted by molar-refractivity contribution is 0.0698. The normalized spacial score (nSPS) is 15.0. The molecule has 4 aromatic rings. The predicted molar refractivity (Wildman–Crippen MR) is 109 cm³/mol. The second-order valence-corrected chi connectivity index (χ2v) is 7.58. The minimum absolute atomic E-state index is 0.143. The monoisotopic (exact) mass is 387 g/mol. The van der Waals surface area contributed by atoms with Crippen molar-refractivity contribution in [2.24, 2.45) is 0 Å². The third kappa shape index (κ3) is 3.10. The molecule has 29 heavy (non-hydrogen) atoms. The number of nitrogens with zero attached hydrogens (tertiary/aromatic N) is 3. The Hall–Kier alpha value is -3.41. The van der Waals surface area contributed by atoms with Crippen LogP contribution in [0.1, 0.15) is 54.1 Å². The highest BCUT2D eigenvalue weighted by molar-refractivity contribution is 5.94. The molecule has 146 valence electrons. The van der Waals surface area contributed by atoms with Crippen LogP contribution in [-0.2, 0) is 0 Å². The van der Waals surface area contributed by atoms with Crippen molar-refractivity contribution in [2.75, 3.05) is 0 Å². The SMILES string of the molecule is O=C(O)c1cnn2c(C3CCCCC3)c(-c3ccc(-c4ccoc4)cc3)cnc12. The Morgan fingerprint density at radius 1 is 1.00 bits per heavy atom. The van der Waals surface area contributed by atoms with Crippen LogP contribution in [0.25, 0.3) is 27.9 Å². The first-order chi connectivity index (χ1) is 14.2. The second-order valence-electron chi connectivity index (χ2n) is 7.58. The van der Waals surface area contributed by atoms with Gasteiger partial charge >= 0.3 is 5.97 Å². The highest BCUT2D eigenvalue weighted by atomic mass is 16.4. The number of hydrogen-bond acceptors (Lipinski definition) is 4. The zero-order valence-electron chi connectivity index (χ0n) is 15.9.